The van der Waals surface area contributed by atoms with E-state index in [1.807, 2.05) is 30.3 Å². The summed E-state index contributed by atoms with van der Waals surface area (Å²) in [6.45, 7) is 4.30. The van der Waals surface area contributed by atoms with Crippen LogP contribution >= 0.6 is 0 Å². The third kappa shape index (κ3) is 5.20. The molecule has 0 aliphatic carbocycles. The van der Waals surface area contributed by atoms with E-state index in [4.69, 9.17) is 21.3 Å². The molecule has 0 bridgehead atoms. The number of benzene rings is 2. The largest absolute Gasteiger partial charge is 0.398 e. The minimum Gasteiger partial charge on any atom is -0.398 e. The molecule has 3 aromatic rings. The number of rotatable bonds is 7. The summed E-state index contributed by atoms with van der Waals surface area (Å²) in [4.78, 5) is 2.37. The molecule has 4 rings (SSSR count). The van der Waals surface area contributed by atoms with Gasteiger partial charge in [-0.2, -0.15) is 10.2 Å². The average molecular weight is 415 g/mol. The van der Waals surface area contributed by atoms with Crippen molar-refractivity contribution in [3.05, 3.63) is 77.6 Å². The van der Waals surface area contributed by atoms with Crippen LogP contribution in [0.5, 0.6) is 0 Å². The van der Waals surface area contributed by atoms with Crippen LogP contribution in [0.4, 0.5) is 5.69 Å². The van der Waals surface area contributed by atoms with E-state index in [1.54, 1.807) is 18.5 Å². The van der Waals surface area contributed by atoms with E-state index in [0.717, 1.165) is 49.5 Å². The lowest BCUT2D eigenvalue weighted by Crippen LogP contribution is -2.35. The second kappa shape index (κ2) is 9.59. The summed E-state index contributed by atoms with van der Waals surface area (Å²) >= 11 is 0. The minimum absolute atomic E-state index is 0.139. The molecule has 0 saturated carbocycles. The Morgan fingerprint density at radius 3 is 2.55 bits per heavy atom. The Morgan fingerprint density at radius 1 is 0.968 bits per heavy atom. The first-order chi connectivity index (χ1) is 15.1. The Morgan fingerprint density at radius 2 is 1.77 bits per heavy atom. The first-order valence-corrected chi connectivity index (χ1v) is 10.3. The topological polar surface area (TPSA) is 112 Å². The lowest BCUT2D eigenvalue weighted by atomic mass is 9.95. The van der Waals surface area contributed by atoms with Gasteiger partial charge in [0.25, 0.3) is 0 Å². The van der Waals surface area contributed by atoms with Crippen LogP contribution in [0.2, 0.25) is 0 Å². The quantitative estimate of drug-likeness (QED) is 0.406. The Bertz CT molecular complexity index is 1080. The van der Waals surface area contributed by atoms with Crippen molar-refractivity contribution in [1.82, 2.24) is 15.1 Å². The highest BCUT2D eigenvalue weighted by Crippen LogP contribution is 2.24. The number of ether oxygens (including phenoxy) is 1. The molecule has 2 heterocycles. The zero-order valence-electron chi connectivity index (χ0n) is 17.3. The van der Waals surface area contributed by atoms with Crippen molar-refractivity contribution in [2.24, 2.45) is 0 Å². The standard InChI is InChI=1S/C24H26N6O/c25-22-5-4-19(20-6-7-28-29-15-20)14-21(22)24(27)23(26)13-17-2-1-3-18(12-17)16-30-8-10-31-11-9-30/h1-7,12,14-15,26-27H,8-11,13,16,25H2. The van der Waals surface area contributed by atoms with Crippen LogP contribution in [0.1, 0.15) is 16.7 Å². The molecule has 2 aromatic carbocycles. The summed E-state index contributed by atoms with van der Waals surface area (Å²) in [6, 6.07) is 15.6. The van der Waals surface area contributed by atoms with Gasteiger partial charge in [-0.05, 0) is 34.9 Å². The summed E-state index contributed by atoms with van der Waals surface area (Å²) in [7, 11) is 0. The van der Waals surface area contributed by atoms with E-state index in [0.29, 0.717) is 17.7 Å². The normalized spacial score (nSPS) is 14.3. The van der Waals surface area contributed by atoms with Crippen LogP contribution in [0.25, 0.3) is 11.1 Å². The second-order valence-electron chi connectivity index (χ2n) is 7.67. The predicted octanol–water partition coefficient (Wildman–Crippen LogP) is 3.19. The molecule has 1 aliphatic heterocycles. The summed E-state index contributed by atoms with van der Waals surface area (Å²) in [5, 5.41) is 24.8. The number of hydrogen-bond donors (Lipinski definition) is 3. The van der Waals surface area contributed by atoms with Gasteiger partial charge in [0.05, 0.1) is 37.0 Å². The molecule has 0 radical (unpaired) electrons. The summed E-state index contributed by atoms with van der Waals surface area (Å²) < 4.78 is 5.42. The number of aromatic nitrogens is 2. The fourth-order valence-electron chi connectivity index (χ4n) is 3.72. The van der Waals surface area contributed by atoms with Gasteiger partial charge in [0.1, 0.15) is 0 Å². The number of nitrogen functional groups attached to an aromatic ring is 1. The number of nitrogens with zero attached hydrogens (tertiary/aromatic N) is 3. The fourth-order valence-corrected chi connectivity index (χ4v) is 3.72. The minimum atomic E-state index is 0.139. The van der Waals surface area contributed by atoms with Crippen molar-refractivity contribution >= 4 is 17.1 Å². The van der Waals surface area contributed by atoms with Crippen LogP contribution in [0, 0.1) is 10.8 Å². The van der Waals surface area contributed by atoms with Gasteiger partial charge >= 0.3 is 0 Å². The molecule has 4 N–H and O–H groups in total. The van der Waals surface area contributed by atoms with E-state index in [2.05, 4.69) is 27.2 Å². The highest BCUT2D eigenvalue weighted by molar-refractivity contribution is 6.47. The summed E-state index contributed by atoms with van der Waals surface area (Å²) in [5.74, 6) is 0. The highest BCUT2D eigenvalue weighted by atomic mass is 16.5. The molecule has 1 fully saturated rings. The smallest absolute Gasteiger partial charge is 0.0844 e. The number of morpholine rings is 1. The zero-order chi connectivity index (χ0) is 21.6. The first kappa shape index (κ1) is 20.8. The van der Waals surface area contributed by atoms with Crippen LogP contribution in [-0.4, -0.2) is 52.8 Å². The lowest BCUT2D eigenvalue weighted by molar-refractivity contribution is 0.0342. The number of nitrogens with two attached hydrogens (primary N) is 1. The molecule has 31 heavy (non-hydrogen) atoms. The maximum atomic E-state index is 8.59. The number of nitrogens with one attached hydrogen (secondary N) is 2. The second-order valence-corrected chi connectivity index (χ2v) is 7.67. The van der Waals surface area contributed by atoms with E-state index in [9.17, 15) is 0 Å². The van der Waals surface area contributed by atoms with Crippen molar-refractivity contribution < 1.29 is 4.74 Å². The summed E-state index contributed by atoms with van der Waals surface area (Å²) in [5.41, 5.74) is 11.6. The van der Waals surface area contributed by atoms with Gasteiger partial charge < -0.3 is 15.9 Å². The lowest BCUT2D eigenvalue weighted by Gasteiger charge is -2.26. The van der Waals surface area contributed by atoms with E-state index in [-0.39, 0.29) is 11.4 Å². The van der Waals surface area contributed by atoms with E-state index < -0.39 is 0 Å². The maximum Gasteiger partial charge on any atom is 0.0844 e. The molecule has 0 amide bonds. The molecule has 1 aromatic heterocycles. The molecular formula is C24H26N6O. The molecule has 158 valence electrons. The zero-order valence-corrected chi connectivity index (χ0v) is 17.3. The fraction of sp³-hybridized carbons (Fsp3) is 0.250. The first-order valence-electron chi connectivity index (χ1n) is 10.3. The highest BCUT2D eigenvalue weighted by Gasteiger charge is 2.15. The van der Waals surface area contributed by atoms with Gasteiger partial charge in [-0.25, -0.2) is 0 Å². The van der Waals surface area contributed by atoms with Crippen molar-refractivity contribution in [3.8, 4) is 11.1 Å². The molecule has 7 nitrogen and oxygen atoms in total. The molecular weight excluding hydrogens is 388 g/mol. The molecule has 0 atom stereocenters. The molecule has 1 saturated heterocycles. The molecule has 7 heteroatoms. The predicted molar refractivity (Wildman–Crippen MR) is 123 cm³/mol. The molecule has 1 aliphatic rings. The van der Waals surface area contributed by atoms with Crippen molar-refractivity contribution in [2.45, 2.75) is 13.0 Å². The van der Waals surface area contributed by atoms with E-state index >= 15 is 0 Å². The van der Waals surface area contributed by atoms with Gasteiger partial charge in [-0.1, -0.05) is 30.3 Å². The van der Waals surface area contributed by atoms with Gasteiger partial charge in [0.15, 0.2) is 0 Å². The summed E-state index contributed by atoms with van der Waals surface area (Å²) in [6.07, 6.45) is 3.68. The monoisotopic (exact) mass is 414 g/mol. The maximum absolute atomic E-state index is 8.59. The van der Waals surface area contributed by atoms with Crippen LogP contribution < -0.4 is 5.73 Å². The molecule has 0 spiro atoms. The van der Waals surface area contributed by atoms with Crippen molar-refractivity contribution in [3.63, 3.8) is 0 Å². The molecule has 0 unspecified atom stereocenters. The Labute approximate surface area is 181 Å². The third-order valence-electron chi connectivity index (χ3n) is 5.42. The van der Waals surface area contributed by atoms with E-state index in [1.165, 1.54) is 5.56 Å². The Kier molecular flexibility index (Phi) is 6.45. The SMILES string of the molecule is N=C(Cc1cccc(CN2CCOCC2)c1)C(=N)c1cc(-c2ccnnc2)ccc1N. The van der Waals surface area contributed by atoms with Crippen LogP contribution in [0.3, 0.4) is 0 Å². The average Bonchev–Trinajstić information content (AvgIpc) is 2.80. The van der Waals surface area contributed by atoms with Crippen LogP contribution in [-0.2, 0) is 17.7 Å². The van der Waals surface area contributed by atoms with Gasteiger partial charge in [-0.15, -0.1) is 0 Å². The van der Waals surface area contributed by atoms with Crippen LogP contribution in [0.15, 0.2) is 60.9 Å². The Hall–Kier alpha value is -3.42. The number of anilines is 1. The van der Waals surface area contributed by atoms with Crippen molar-refractivity contribution in [2.75, 3.05) is 32.0 Å². The van der Waals surface area contributed by atoms with Crippen molar-refractivity contribution in [1.29, 1.82) is 10.8 Å². The van der Waals surface area contributed by atoms with Gasteiger partial charge in [0.2, 0.25) is 0 Å². The third-order valence-corrected chi connectivity index (χ3v) is 5.42. The van der Waals surface area contributed by atoms with Gasteiger partial charge in [0, 0.05) is 42.9 Å². The number of hydrogen-bond acceptors (Lipinski definition) is 7. The Balaban J connectivity index is 1.48. The van der Waals surface area contributed by atoms with Gasteiger partial charge in [-0.3, -0.25) is 10.3 Å².